The van der Waals surface area contributed by atoms with Crippen LogP contribution in [0.4, 0.5) is 4.79 Å². The Balaban J connectivity index is 1.73. The average Bonchev–Trinajstić information content (AvgIpc) is 2.54. The SMILES string of the molecule is CC(C)N1CCC[C@H](CNC(=O)N[C@H](C)c2cccnc2)C1. The molecule has 5 heteroatoms. The highest BCUT2D eigenvalue weighted by atomic mass is 16.2. The Bertz CT molecular complexity index is 463. The fraction of sp³-hybridized carbons (Fsp3) is 0.647. The topological polar surface area (TPSA) is 57.3 Å². The lowest BCUT2D eigenvalue weighted by Gasteiger charge is -2.35. The normalized spacial score (nSPS) is 20.6. The number of rotatable bonds is 5. The van der Waals surface area contributed by atoms with E-state index in [0.29, 0.717) is 12.0 Å². The highest BCUT2D eigenvalue weighted by Gasteiger charge is 2.22. The number of aromatic nitrogens is 1. The molecule has 1 aliphatic rings. The first kappa shape index (κ1) is 16.7. The lowest BCUT2D eigenvalue weighted by atomic mass is 9.97. The molecule has 2 heterocycles. The maximum atomic E-state index is 12.0. The average molecular weight is 304 g/mol. The van der Waals surface area contributed by atoms with Crippen molar-refractivity contribution in [1.82, 2.24) is 20.5 Å². The molecular weight excluding hydrogens is 276 g/mol. The molecule has 0 saturated carbocycles. The standard InChI is InChI=1S/C17H28N4O/c1-13(2)21-9-5-6-15(12-21)10-19-17(22)20-14(3)16-7-4-8-18-11-16/h4,7-8,11,13-15H,5-6,9-10,12H2,1-3H3,(H2,19,20,22)/t14-,15-/m1/s1. The summed E-state index contributed by atoms with van der Waals surface area (Å²) in [6.45, 7) is 9.44. The van der Waals surface area contributed by atoms with E-state index in [0.717, 1.165) is 18.7 Å². The van der Waals surface area contributed by atoms with Crippen LogP contribution in [0.2, 0.25) is 0 Å². The molecule has 0 spiro atoms. The third-order valence-electron chi connectivity index (χ3n) is 4.36. The van der Waals surface area contributed by atoms with Crippen molar-refractivity contribution >= 4 is 6.03 Å². The lowest BCUT2D eigenvalue weighted by molar-refractivity contribution is 0.139. The molecule has 2 amide bonds. The number of nitrogens with one attached hydrogen (secondary N) is 2. The van der Waals surface area contributed by atoms with E-state index in [4.69, 9.17) is 0 Å². The number of piperidine rings is 1. The molecular formula is C17H28N4O. The molecule has 0 radical (unpaired) electrons. The highest BCUT2D eigenvalue weighted by Crippen LogP contribution is 2.17. The van der Waals surface area contributed by atoms with Gasteiger partial charge >= 0.3 is 6.03 Å². The summed E-state index contributed by atoms with van der Waals surface area (Å²) in [7, 11) is 0. The van der Waals surface area contributed by atoms with E-state index in [9.17, 15) is 4.79 Å². The molecule has 2 atom stereocenters. The minimum atomic E-state index is -0.0991. The van der Waals surface area contributed by atoms with Crippen LogP contribution in [0, 0.1) is 5.92 Å². The molecule has 1 saturated heterocycles. The second kappa shape index (κ2) is 8.13. The van der Waals surface area contributed by atoms with E-state index in [1.54, 1.807) is 12.4 Å². The number of hydrogen-bond acceptors (Lipinski definition) is 3. The second-order valence-corrected chi connectivity index (χ2v) is 6.46. The molecule has 1 aliphatic heterocycles. The van der Waals surface area contributed by atoms with Crippen molar-refractivity contribution in [2.24, 2.45) is 5.92 Å². The molecule has 1 aromatic heterocycles. The fourth-order valence-corrected chi connectivity index (χ4v) is 2.93. The molecule has 1 aromatic rings. The minimum Gasteiger partial charge on any atom is -0.338 e. The summed E-state index contributed by atoms with van der Waals surface area (Å²) in [5.41, 5.74) is 1.02. The van der Waals surface area contributed by atoms with Crippen LogP contribution in [-0.2, 0) is 0 Å². The molecule has 0 aromatic carbocycles. The van der Waals surface area contributed by atoms with Gasteiger partial charge in [-0.1, -0.05) is 6.07 Å². The maximum Gasteiger partial charge on any atom is 0.315 e. The van der Waals surface area contributed by atoms with Gasteiger partial charge in [-0.3, -0.25) is 4.98 Å². The summed E-state index contributed by atoms with van der Waals surface area (Å²) in [6, 6.07) is 4.31. The van der Waals surface area contributed by atoms with Gasteiger partial charge in [-0.2, -0.15) is 0 Å². The number of likely N-dealkylation sites (tertiary alicyclic amines) is 1. The van der Waals surface area contributed by atoms with Gasteiger partial charge in [-0.15, -0.1) is 0 Å². The Kier molecular flexibility index (Phi) is 6.19. The number of pyridine rings is 1. The summed E-state index contributed by atoms with van der Waals surface area (Å²) >= 11 is 0. The first-order valence-electron chi connectivity index (χ1n) is 8.24. The van der Waals surface area contributed by atoms with E-state index < -0.39 is 0 Å². The van der Waals surface area contributed by atoms with Gasteiger partial charge in [0, 0.05) is 31.5 Å². The van der Waals surface area contributed by atoms with Gasteiger partial charge in [-0.05, 0) is 57.7 Å². The Hall–Kier alpha value is -1.62. The highest BCUT2D eigenvalue weighted by molar-refractivity contribution is 5.74. The zero-order valence-electron chi connectivity index (χ0n) is 13.9. The fourth-order valence-electron chi connectivity index (χ4n) is 2.93. The van der Waals surface area contributed by atoms with Gasteiger partial charge in [0.15, 0.2) is 0 Å². The van der Waals surface area contributed by atoms with Gasteiger partial charge in [0.2, 0.25) is 0 Å². The lowest BCUT2D eigenvalue weighted by Crippen LogP contribution is -2.45. The molecule has 2 N–H and O–H groups in total. The van der Waals surface area contributed by atoms with Gasteiger partial charge in [-0.25, -0.2) is 4.79 Å². The van der Waals surface area contributed by atoms with Crippen LogP contribution in [0.15, 0.2) is 24.5 Å². The monoisotopic (exact) mass is 304 g/mol. The predicted molar refractivity (Wildman–Crippen MR) is 88.6 cm³/mol. The van der Waals surface area contributed by atoms with Crippen molar-refractivity contribution in [3.63, 3.8) is 0 Å². The number of carbonyl (C=O) groups excluding carboxylic acids is 1. The molecule has 1 fully saturated rings. The molecule has 0 bridgehead atoms. The van der Waals surface area contributed by atoms with Gasteiger partial charge in [0.1, 0.15) is 0 Å². The van der Waals surface area contributed by atoms with Crippen molar-refractivity contribution in [3.05, 3.63) is 30.1 Å². The molecule has 0 aliphatic carbocycles. The third kappa shape index (κ3) is 4.98. The Labute approximate surface area is 133 Å². The maximum absolute atomic E-state index is 12.0. The van der Waals surface area contributed by atoms with E-state index in [1.165, 1.54) is 19.4 Å². The van der Waals surface area contributed by atoms with E-state index in [2.05, 4.69) is 34.4 Å². The van der Waals surface area contributed by atoms with Crippen LogP contribution in [-0.4, -0.2) is 41.6 Å². The molecule has 0 unspecified atom stereocenters. The summed E-state index contributed by atoms with van der Waals surface area (Å²) in [5, 5.41) is 5.98. The Morgan fingerprint density at radius 3 is 2.95 bits per heavy atom. The Morgan fingerprint density at radius 1 is 1.45 bits per heavy atom. The van der Waals surface area contributed by atoms with E-state index in [1.807, 2.05) is 19.1 Å². The van der Waals surface area contributed by atoms with Gasteiger partial charge in [0.25, 0.3) is 0 Å². The van der Waals surface area contributed by atoms with Crippen molar-refractivity contribution in [3.8, 4) is 0 Å². The zero-order chi connectivity index (χ0) is 15.9. The van der Waals surface area contributed by atoms with Crippen LogP contribution in [0.25, 0.3) is 0 Å². The number of urea groups is 1. The first-order valence-corrected chi connectivity index (χ1v) is 8.24. The smallest absolute Gasteiger partial charge is 0.315 e. The van der Waals surface area contributed by atoms with Crippen LogP contribution in [0.5, 0.6) is 0 Å². The summed E-state index contributed by atoms with van der Waals surface area (Å²) in [4.78, 5) is 18.6. The van der Waals surface area contributed by atoms with Crippen LogP contribution in [0.3, 0.4) is 0 Å². The number of carbonyl (C=O) groups is 1. The summed E-state index contributed by atoms with van der Waals surface area (Å²) in [6.07, 6.45) is 5.94. The second-order valence-electron chi connectivity index (χ2n) is 6.46. The first-order chi connectivity index (χ1) is 10.6. The zero-order valence-corrected chi connectivity index (χ0v) is 13.9. The number of hydrogen-bond donors (Lipinski definition) is 2. The van der Waals surface area contributed by atoms with E-state index in [-0.39, 0.29) is 12.1 Å². The van der Waals surface area contributed by atoms with E-state index >= 15 is 0 Å². The van der Waals surface area contributed by atoms with Crippen LogP contribution in [0.1, 0.15) is 45.2 Å². The number of nitrogens with zero attached hydrogens (tertiary/aromatic N) is 2. The molecule has 122 valence electrons. The van der Waals surface area contributed by atoms with Crippen molar-refractivity contribution in [1.29, 1.82) is 0 Å². The quantitative estimate of drug-likeness (QED) is 0.879. The van der Waals surface area contributed by atoms with Crippen molar-refractivity contribution < 1.29 is 4.79 Å². The molecule has 2 rings (SSSR count). The van der Waals surface area contributed by atoms with Crippen molar-refractivity contribution in [2.45, 2.75) is 45.7 Å². The summed E-state index contributed by atoms with van der Waals surface area (Å²) in [5.74, 6) is 0.551. The van der Waals surface area contributed by atoms with Gasteiger partial charge in [0.05, 0.1) is 6.04 Å². The van der Waals surface area contributed by atoms with Crippen LogP contribution >= 0.6 is 0 Å². The molecule has 5 nitrogen and oxygen atoms in total. The van der Waals surface area contributed by atoms with Crippen LogP contribution < -0.4 is 10.6 Å². The predicted octanol–water partition coefficient (Wildman–Crippen LogP) is 2.56. The Morgan fingerprint density at radius 2 is 2.27 bits per heavy atom. The third-order valence-corrected chi connectivity index (χ3v) is 4.36. The van der Waals surface area contributed by atoms with Gasteiger partial charge < -0.3 is 15.5 Å². The number of amides is 2. The summed E-state index contributed by atoms with van der Waals surface area (Å²) < 4.78 is 0. The largest absolute Gasteiger partial charge is 0.338 e. The minimum absolute atomic E-state index is 0.0350. The molecule has 22 heavy (non-hydrogen) atoms. The van der Waals surface area contributed by atoms with Crippen molar-refractivity contribution in [2.75, 3.05) is 19.6 Å².